The fourth-order valence-corrected chi connectivity index (χ4v) is 2.72. The van der Waals surface area contributed by atoms with Crippen molar-refractivity contribution in [3.05, 3.63) is 29.8 Å². The van der Waals surface area contributed by atoms with E-state index in [0.29, 0.717) is 32.8 Å². The molecule has 1 N–H and O–H groups in total. The van der Waals surface area contributed by atoms with E-state index < -0.39 is 5.79 Å². The first-order valence-corrected chi connectivity index (χ1v) is 8.81. The van der Waals surface area contributed by atoms with Crippen LogP contribution < -0.4 is 10.1 Å². The number of carbonyl (C=O) groups is 1. The number of aryl methyl sites for hydroxylation is 1. The Kier molecular flexibility index (Phi) is 7.53. The Hall–Kier alpha value is -1.59. The van der Waals surface area contributed by atoms with Gasteiger partial charge in [-0.1, -0.05) is 12.1 Å². The predicted molar refractivity (Wildman–Crippen MR) is 93.1 cm³/mol. The standard InChI is InChI=1S/C19H29NO4/c1-16-7-5-8-17(15-16)22-12-6-9-18(21)20-11-4-3-10-19(2)23-13-14-24-19/h5,7-8,15H,3-4,6,9-14H2,1-2H3,(H,20,21). The highest BCUT2D eigenvalue weighted by atomic mass is 16.7. The van der Waals surface area contributed by atoms with Gasteiger partial charge in [-0.15, -0.1) is 0 Å². The summed E-state index contributed by atoms with van der Waals surface area (Å²) in [6.45, 7) is 6.63. The number of hydrogen-bond donors (Lipinski definition) is 1. The third-order valence-electron chi connectivity index (χ3n) is 4.08. The molecule has 1 aromatic rings. The lowest BCUT2D eigenvalue weighted by atomic mass is 10.1. The number of carbonyl (C=O) groups excluding carboxylic acids is 1. The van der Waals surface area contributed by atoms with E-state index in [0.717, 1.165) is 31.4 Å². The van der Waals surface area contributed by atoms with Crippen LogP contribution in [0.3, 0.4) is 0 Å². The van der Waals surface area contributed by atoms with Gasteiger partial charge >= 0.3 is 0 Å². The van der Waals surface area contributed by atoms with E-state index in [-0.39, 0.29) is 5.91 Å². The molecule has 1 aliphatic heterocycles. The SMILES string of the molecule is Cc1cccc(OCCCC(=O)NCCCCC2(C)OCCO2)c1. The first kappa shape index (κ1) is 18.7. The number of rotatable bonds is 10. The summed E-state index contributed by atoms with van der Waals surface area (Å²) < 4.78 is 16.7. The molecule has 0 saturated carbocycles. The van der Waals surface area contributed by atoms with Crippen molar-refractivity contribution >= 4 is 5.91 Å². The minimum absolute atomic E-state index is 0.0856. The molecular weight excluding hydrogens is 306 g/mol. The fraction of sp³-hybridized carbons (Fsp3) is 0.632. The fourth-order valence-electron chi connectivity index (χ4n) is 2.72. The van der Waals surface area contributed by atoms with Crippen molar-refractivity contribution in [2.45, 2.75) is 51.7 Å². The van der Waals surface area contributed by atoms with Gasteiger partial charge in [0.05, 0.1) is 19.8 Å². The average molecular weight is 335 g/mol. The van der Waals surface area contributed by atoms with Gasteiger partial charge in [0.1, 0.15) is 5.75 Å². The summed E-state index contributed by atoms with van der Waals surface area (Å²) >= 11 is 0. The molecule has 5 heteroatoms. The molecule has 0 unspecified atom stereocenters. The molecule has 0 bridgehead atoms. The van der Waals surface area contributed by atoms with Gasteiger partial charge in [0.2, 0.25) is 5.91 Å². The van der Waals surface area contributed by atoms with Crippen LogP contribution in [-0.4, -0.2) is 38.1 Å². The summed E-state index contributed by atoms with van der Waals surface area (Å²) in [6, 6.07) is 7.94. The Morgan fingerprint density at radius 1 is 1.25 bits per heavy atom. The van der Waals surface area contributed by atoms with Crippen LogP contribution in [0.4, 0.5) is 0 Å². The maximum atomic E-state index is 11.8. The summed E-state index contributed by atoms with van der Waals surface area (Å²) in [5, 5.41) is 2.95. The van der Waals surface area contributed by atoms with E-state index in [4.69, 9.17) is 14.2 Å². The Morgan fingerprint density at radius 3 is 2.79 bits per heavy atom. The van der Waals surface area contributed by atoms with Crippen LogP contribution in [0.25, 0.3) is 0 Å². The molecule has 0 radical (unpaired) electrons. The van der Waals surface area contributed by atoms with Crippen LogP contribution in [-0.2, 0) is 14.3 Å². The molecule has 1 heterocycles. The molecule has 134 valence electrons. The van der Waals surface area contributed by atoms with E-state index in [2.05, 4.69) is 5.32 Å². The first-order chi connectivity index (χ1) is 11.6. The van der Waals surface area contributed by atoms with E-state index in [9.17, 15) is 4.79 Å². The zero-order chi connectivity index (χ0) is 17.3. The summed E-state index contributed by atoms with van der Waals surface area (Å²) in [5.41, 5.74) is 1.17. The van der Waals surface area contributed by atoms with E-state index in [1.807, 2.05) is 38.1 Å². The lowest BCUT2D eigenvalue weighted by Gasteiger charge is -2.21. The molecule has 0 spiro atoms. The highest BCUT2D eigenvalue weighted by molar-refractivity contribution is 5.75. The molecule has 1 fully saturated rings. The smallest absolute Gasteiger partial charge is 0.220 e. The maximum absolute atomic E-state index is 11.8. The molecule has 5 nitrogen and oxygen atoms in total. The lowest BCUT2D eigenvalue weighted by Crippen LogP contribution is -2.27. The van der Waals surface area contributed by atoms with Gasteiger partial charge in [-0.05, 0) is 50.8 Å². The quantitative estimate of drug-likeness (QED) is 0.667. The summed E-state index contributed by atoms with van der Waals surface area (Å²) in [6.07, 6.45) is 4.00. The third-order valence-corrected chi connectivity index (χ3v) is 4.08. The number of nitrogens with one attached hydrogen (secondary N) is 1. The summed E-state index contributed by atoms with van der Waals surface area (Å²) in [7, 11) is 0. The van der Waals surface area contributed by atoms with E-state index in [1.165, 1.54) is 5.56 Å². The first-order valence-electron chi connectivity index (χ1n) is 8.81. The maximum Gasteiger partial charge on any atom is 0.220 e. The minimum Gasteiger partial charge on any atom is -0.494 e. The van der Waals surface area contributed by atoms with Gasteiger partial charge in [-0.2, -0.15) is 0 Å². The normalized spacial score (nSPS) is 16.1. The molecule has 1 amide bonds. The minimum atomic E-state index is -0.420. The number of hydrogen-bond acceptors (Lipinski definition) is 4. The highest BCUT2D eigenvalue weighted by Gasteiger charge is 2.29. The van der Waals surface area contributed by atoms with Gasteiger partial charge < -0.3 is 19.5 Å². The Balaban J connectivity index is 1.46. The van der Waals surface area contributed by atoms with Crippen molar-refractivity contribution in [1.82, 2.24) is 5.32 Å². The second-order valence-corrected chi connectivity index (χ2v) is 6.41. The third kappa shape index (κ3) is 6.89. The summed E-state index contributed by atoms with van der Waals surface area (Å²) in [5.74, 6) is 0.527. The monoisotopic (exact) mass is 335 g/mol. The van der Waals surface area contributed by atoms with Gasteiger partial charge in [0.25, 0.3) is 0 Å². The predicted octanol–water partition coefficient (Wildman–Crippen LogP) is 3.20. The van der Waals surface area contributed by atoms with Crippen LogP contribution in [0.1, 0.15) is 44.6 Å². The van der Waals surface area contributed by atoms with Crippen molar-refractivity contribution in [1.29, 1.82) is 0 Å². The second-order valence-electron chi connectivity index (χ2n) is 6.41. The number of ether oxygens (including phenoxy) is 3. The van der Waals surface area contributed by atoms with Gasteiger partial charge in [-0.3, -0.25) is 4.79 Å². The van der Waals surface area contributed by atoms with Gasteiger partial charge in [0, 0.05) is 19.4 Å². The highest BCUT2D eigenvalue weighted by Crippen LogP contribution is 2.24. The number of amides is 1. The van der Waals surface area contributed by atoms with Crippen molar-refractivity contribution < 1.29 is 19.0 Å². The van der Waals surface area contributed by atoms with E-state index in [1.54, 1.807) is 0 Å². The molecule has 0 aliphatic carbocycles. The van der Waals surface area contributed by atoms with Crippen molar-refractivity contribution in [3.8, 4) is 5.75 Å². The van der Waals surface area contributed by atoms with Crippen molar-refractivity contribution in [2.75, 3.05) is 26.4 Å². The average Bonchev–Trinajstić information content (AvgIpc) is 2.98. The molecule has 2 rings (SSSR count). The van der Waals surface area contributed by atoms with Gasteiger partial charge in [-0.25, -0.2) is 0 Å². The second kappa shape index (κ2) is 9.64. The van der Waals surface area contributed by atoms with Crippen molar-refractivity contribution in [3.63, 3.8) is 0 Å². The van der Waals surface area contributed by atoms with Crippen molar-refractivity contribution in [2.24, 2.45) is 0 Å². The van der Waals surface area contributed by atoms with Crippen LogP contribution >= 0.6 is 0 Å². The largest absolute Gasteiger partial charge is 0.494 e. The van der Waals surface area contributed by atoms with Gasteiger partial charge in [0.15, 0.2) is 5.79 Å². The Morgan fingerprint density at radius 2 is 2.04 bits per heavy atom. The molecule has 1 aliphatic rings. The Bertz CT molecular complexity index is 512. The topological polar surface area (TPSA) is 56.8 Å². The lowest BCUT2D eigenvalue weighted by molar-refractivity contribution is -0.147. The molecule has 0 atom stereocenters. The molecule has 24 heavy (non-hydrogen) atoms. The number of benzene rings is 1. The molecule has 1 saturated heterocycles. The Labute approximate surface area is 144 Å². The molecule has 0 aromatic heterocycles. The van der Waals surface area contributed by atoms with Crippen LogP contribution in [0, 0.1) is 6.92 Å². The van der Waals surface area contributed by atoms with Crippen LogP contribution in [0.15, 0.2) is 24.3 Å². The summed E-state index contributed by atoms with van der Waals surface area (Å²) in [4.78, 5) is 11.8. The molecular formula is C19H29NO4. The number of unbranched alkanes of at least 4 members (excludes halogenated alkanes) is 1. The zero-order valence-electron chi connectivity index (χ0n) is 14.8. The molecule has 1 aromatic carbocycles. The van der Waals surface area contributed by atoms with Crippen LogP contribution in [0.2, 0.25) is 0 Å². The van der Waals surface area contributed by atoms with E-state index >= 15 is 0 Å². The van der Waals surface area contributed by atoms with Crippen LogP contribution in [0.5, 0.6) is 5.75 Å². The zero-order valence-corrected chi connectivity index (χ0v) is 14.8.